The average molecular weight is 288 g/mol. The smallest absolute Gasteiger partial charge is 0.151 e. The first-order valence-electron chi connectivity index (χ1n) is 6.91. The molecule has 0 amide bonds. The quantitative estimate of drug-likeness (QED) is 0.915. The maximum absolute atomic E-state index is 14.1. The van der Waals surface area contributed by atoms with Crippen molar-refractivity contribution in [1.29, 1.82) is 0 Å². The molecule has 5 heteroatoms. The normalized spacial score (nSPS) is 15.0. The van der Waals surface area contributed by atoms with Crippen molar-refractivity contribution in [2.75, 3.05) is 18.0 Å². The van der Waals surface area contributed by atoms with Crippen LogP contribution in [0.4, 0.5) is 10.1 Å². The molecule has 4 nitrogen and oxygen atoms in total. The fourth-order valence-electron chi connectivity index (χ4n) is 2.37. The summed E-state index contributed by atoms with van der Waals surface area (Å²) in [5.74, 6) is -0.342. The van der Waals surface area contributed by atoms with Crippen LogP contribution in [0.5, 0.6) is 0 Å². The molecule has 0 spiro atoms. The number of hydrogen-bond donors (Lipinski definition) is 1. The van der Waals surface area contributed by atoms with E-state index in [9.17, 15) is 4.39 Å². The fraction of sp³-hybridized carbons (Fsp3) is 0.312. The zero-order chi connectivity index (χ0) is 14.7. The van der Waals surface area contributed by atoms with Gasteiger partial charge in [0.15, 0.2) is 5.82 Å². The first-order chi connectivity index (χ1) is 10.3. The summed E-state index contributed by atoms with van der Waals surface area (Å²) in [5.41, 5.74) is 1.89. The molecule has 21 heavy (non-hydrogen) atoms. The Morgan fingerprint density at radius 1 is 1.29 bits per heavy atom. The van der Waals surface area contributed by atoms with Gasteiger partial charge in [0, 0.05) is 31.0 Å². The first-order valence-corrected chi connectivity index (χ1v) is 6.91. The van der Waals surface area contributed by atoms with Crippen LogP contribution >= 0.6 is 0 Å². The van der Waals surface area contributed by atoms with E-state index in [1.807, 2.05) is 17.0 Å². The zero-order valence-corrected chi connectivity index (χ0v) is 11.6. The predicted octanol–water partition coefficient (Wildman–Crippen LogP) is 2.12. The van der Waals surface area contributed by atoms with Gasteiger partial charge in [0.2, 0.25) is 0 Å². The molecule has 0 saturated carbocycles. The SMILES string of the molecule is OCc1cccc(N2CC(OCc3cccnc3)C2)c1F. The number of rotatable bonds is 5. The van der Waals surface area contributed by atoms with Crippen molar-refractivity contribution in [2.24, 2.45) is 0 Å². The summed E-state index contributed by atoms with van der Waals surface area (Å²) in [6.45, 7) is 1.55. The molecule has 3 rings (SSSR count). The Labute approximate surface area is 122 Å². The third-order valence-corrected chi connectivity index (χ3v) is 3.63. The van der Waals surface area contributed by atoms with E-state index >= 15 is 0 Å². The van der Waals surface area contributed by atoms with Gasteiger partial charge in [0.1, 0.15) is 0 Å². The van der Waals surface area contributed by atoms with Gasteiger partial charge in [-0.3, -0.25) is 4.98 Å². The molecule has 0 atom stereocenters. The lowest BCUT2D eigenvalue weighted by molar-refractivity contribution is 0.0220. The highest BCUT2D eigenvalue weighted by Gasteiger charge is 2.29. The van der Waals surface area contributed by atoms with Crippen molar-refractivity contribution in [1.82, 2.24) is 4.98 Å². The Hall–Kier alpha value is -1.98. The van der Waals surface area contributed by atoms with Crippen LogP contribution in [0, 0.1) is 5.82 Å². The standard InChI is InChI=1S/C16H17FN2O2/c17-16-13(10-20)4-1-5-15(16)19-8-14(9-19)21-11-12-3-2-6-18-7-12/h1-7,14,20H,8-11H2. The van der Waals surface area contributed by atoms with Gasteiger partial charge in [-0.1, -0.05) is 18.2 Å². The minimum Gasteiger partial charge on any atom is -0.392 e. The highest BCUT2D eigenvalue weighted by atomic mass is 19.1. The summed E-state index contributed by atoms with van der Waals surface area (Å²) >= 11 is 0. The van der Waals surface area contributed by atoms with E-state index in [-0.39, 0.29) is 18.5 Å². The summed E-state index contributed by atoms with van der Waals surface area (Å²) in [4.78, 5) is 5.96. The van der Waals surface area contributed by atoms with E-state index in [1.165, 1.54) is 0 Å². The van der Waals surface area contributed by atoms with Gasteiger partial charge in [0.25, 0.3) is 0 Å². The summed E-state index contributed by atoms with van der Waals surface area (Å²) < 4.78 is 19.8. The van der Waals surface area contributed by atoms with Crippen LogP contribution in [0.25, 0.3) is 0 Å². The fourth-order valence-corrected chi connectivity index (χ4v) is 2.37. The number of anilines is 1. The van der Waals surface area contributed by atoms with E-state index in [1.54, 1.807) is 30.6 Å². The molecule has 1 aliphatic rings. The van der Waals surface area contributed by atoms with Gasteiger partial charge in [-0.05, 0) is 17.7 Å². The molecular weight excluding hydrogens is 271 g/mol. The number of benzene rings is 1. The third-order valence-electron chi connectivity index (χ3n) is 3.63. The molecule has 0 unspecified atom stereocenters. The van der Waals surface area contributed by atoms with E-state index in [4.69, 9.17) is 9.84 Å². The lowest BCUT2D eigenvalue weighted by Gasteiger charge is -2.41. The summed E-state index contributed by atoms with van der Waals surface area (Å²) in [7, 11) is 0. The van der Waals surface area contributed by atoms with Crippen LogP contribution in [0.15, 0.2) is 42.7 Å². The minimum absolute atomic E-state index is 0.0994. The van der Waals surface area contributed by atoms with Crippen LogP contribution in [-0.2, 0) is 18.0 Å². The number of aromatic nitrogens is 1. The predicted molar refractivity (Wildman–Crippen MR) is 77.3 cm³/mol. The second kappa shape index (κ2) is 6.20. The topological polar surface area (TPSA) is 45.6 Å². The lowest BCUT2D eigenvalue weighted by atomic mass is 10.1. The average Bonchev–Trinajstić information content (AvgIpc) is 2.48. The first kappa shape index (κ1) is 14.0. The Bertz CT molecular complexity index is 600. The number of aliphatic hydroxyl groups is 1. The number of hydrogen-bond acceptors (Lipinski definition) is 4. The monoisotopic (exact) mass is 288 g/mol. The lowest BCUT2D eigenvalue weighted by Crippen LogP contribution is -2.52. The molecule has 2 heterocycles. The molecule has 1 N–H and O–H groups in total. The van der Waals surface area contributed by atoms with Gasteiger partial charge >= 0.3 is 0 Å². The molecule has 2 aromatic rings. The molecule has 0 radical (unpaired) electrons. The van der Waals surface area contributed by atoms with E-state index in [0.717, 1.165) is 5.56 Å². The Kier molecular flexibility index (Phi) is 4.13. The second-order valence-electron chi connectivity index (χ2n) is 5.11. The molecule has 1 aliphatic heterocycles. The molecule has 0 bridgehead atoms. The highest BCUT2D eigenvalue weighted by molar-refractivity contribution is 5.52. The van der Waals surface area contributed by atoms with Crippen molar-refractivity contribution in [3.05, 3.63) is 59.7 Å². The molecule has 1 aromatic heterocycles. The highest BCUT2D eigenvalue weighted by Crippen LogP contribution is 2.27. The number of aliphatic hydroxyl groups excluding tert-OH is 1. The van der Waals surface area contributed by atoms with Crippen molar-refractivity contribution >= 4 is 5.69 Å². The van der Waals surface area contributed by atoms with Crippen molar-refractivity contribution < 1.29 is 14.2 Å². The molecule has 110 valence electrons. The van der Waals surface area contributed by atoms with Crippen LogP contribution in [0.3, 0.4) is 0 Å². The van der Waals surface area contributed by atoms with Gasteiger partial charge < -0.3 is 14.7 Å². The maximum Gasteiger partial charge on any atom is 0.151 e. The van der Waals surface area contributed by atoms with E-state index in [0.29, 0.717) is 30.9 Å². The Morgan fingerprint density at radius 3 is 2.86 bits per heavy atom. The Morgan fingerprint density at radius 2 is 2.14 bits per heavy atom. The van der Waals surface area contributed by atoms with Gasteiger partial charge in [-0.25, -0.2) is 4.39 Å². The number of nitrogens with zero attached hydrogens (tertiary/aromatic N) is 2. The number of halogens is 1. The Balaban J connectivity index is 1.54. The third kappa shape index (κ3) is 3.04. The summed E-state index contributed by atoms with van der Waals surface area (Å²) in [6, 6.07) is 8.92. The van der Waals surface area contributed by atoms with Crippen molar-refractivity contribution in [2.45, 2.75) is 19.3 Å². The molecule has 1 saturated heterocycles. The maximum atomic E-state index is 14.1. The largest absolute Gasteiger partial charge is 0.392 e. The molecule has 0 aliphatic carbocycles. The van der Waals surface area contributed by atoms with E-state index in [2.05, 4.69) is 4.98 Å². The van der Waals surface area contributed by atoms with Crippen LogP contribution in [-0.4, -0.2) is 29.3 Å². The molecule has 1 fully saturated rings. The van der Waals surface area contributed by atoms with Crippen LogP contribution < -0.4 is 4.90 Å². The van der Waals surface area contributed by atoms with Crippen LogP contribution in [0.1, 0.15) is 11.1 Å². The zero-order valence-electron chi connectivity index (χ0n) is 11.6. The molecule has 1 aromatic carbocycles. The summed E-state index contributed by atoms with van der Waals surface area (Å²) in [6.07, 6.45) is 3.61. The van der Waals surface area contributed by atoms with E-state index < -0.39 is 0 Å². The second-order valence-corrected chi connectivity index (χ2v) is 5.11. The van der Waals surface area contributed by atoms with Crippen molar-refractivity contribution in [3.8, 4) is 0 Å². The van der Waals surface area contributed by atoms with Crippen LogP contribution in [0.2, 0.25) is 0 Å². The van der Waals surface area contributed by atoms with Gasteiger partial charge in [-0.2, -0.15) is 0 Å². The number of ether oxygens (including phenoxy) is 1. The summed E-state index contributed by atoms with van der Waals surface area (Å²) in [5, 5.41) is 9.09. The van der Waals surface area contributed by atoms with Gasteiger partial charge in [0.05, 0.1) is 25.0 Å². The minimum atomic E-state index is -0.342. The van der Waals surface area contributed by atoms with Crippen molar-refractivity contribution in [3.63, 3.8) is 0 Å². The molecular formula is C16H17FN2O2. The van der Waals surface area contributed by atoms with Gasteiger partial charge in [-0.15, -0.1) is 0 Å². The number of pyridine rings is 1.